The molecule has 1 atom stereocenters. The van der Waals surface area contributed by atoms with Crippen molar-refractivity contribution < 1.29 is 14.3 Å². The van der Waals surface area contributed by atoms with Gasteiger partial charge in [0, 0.05) is 12.1 Å². The first-order valence-corrected chi connectivity index (χ1v) is 11.7. The summed E-state index contributed by atoms with van der Waals surface area (Å²) < 4.78 is 11.3. The second kappa shape index (κ2) is 12.8. The molecule has 0 saturated heterocycles. The van der Waals surface area contributed by atoms with E-state index in [2.05, 4.69) is 66.4 Å². The molecule has 0 aliphatic rings. The maximum absolute atomic E-state index is 11.8. The van der Waals surface area contributed by atoms with Crippen molar-refractivity contribution in [1.29, 1.82) is 0 Å². The van der Waals surface area contributed by atoms with Gasteiger partial charge in [0.15, 0.2) is 0 Å². The van der Waals surface area contributed by atoms with Gasteiger partial charge in [0.2, 0.25) is 0 Å². The predicted octanol–water partition coefficient (Wildman–Crippen LogP) is 5.44. The lowest BCUT2D eigenvalue weighted by molar-refractivity contribution is -0.148. The zero-order valence-corrected chi connectivity index (χ0v) is 21.6. The van der Waals surface area contributed by atoms with Crippen LogP contribution in [0.3, 0.4) is 0 Å². The Morgan fingerprint density at radius 3 is 2.32 bits per heavy atom. The summed E-state index contributed by atoms with van der Waals surface area (Å²) in [5.41, 5.74) is 3.51. The molecule has 2 aromatic rings. The van der Waals surface area contributed by atoms with Crippen molar-refractivity contribution in [2.75, 3.05) is 26.7 Å². The predicted molar refractivity (Wildman–Crippen MR) is 135 cm³/mol. The van der Waals surface area contributed by atoms with Crippen LogP contribution >= 0.6 is 9.24 Å². The number of hydrogen-bond acceptors (Lipinski definition) is 4. The number of esters is 1. The van der Waals surface area contributed by atoms with Crippen LogP contribution in [0.5, 0.6) is 5.75 Å². The average Bonchev–Trinajstić information content (AvgIpc) is 2.68. The average molecular weight is 446 g/mol. The SMILES string of the molecule is CC.CC(C)OC(=O)CN(C)CCOc1ccc(-c2ccccc2P)cc1C(C)(C)C. The summed E-state index contributed by atoms with van der Waals surface area (Å²) in [6, 6.07) is 14.7. The molecule has 5 heteroatoms. The Kier molecular flexibility index (Phi) is 11.2. The lowest BCUT2D eigenvalue weighted by atomic mass is 9.84. The van der Waals surface area contributed by atoms with E-state index in [1.54, 1.807) is 0 Å². The Morgan fingerprint density at radius 1 is 1.10 bits per heavy atom. The van der Waals surface area contributed by atoms with E-state index in [9.17, 15) is 4.79 Å². The van der Waals surface area contributed by atoms with Gasteiger partial charge in [-0.05, 0) is 54.9 Å². The minimum absolute atomic E-state index is 0.0475. The van der Waals surface area contributed by atoms with Gasteiger partial charge in [0.1, 0.15) is 12.4 Å². The summed E-state index contributed by atoms with van der Waals surface area (Å²) in [7, 11) is 4.70. The highest BCUT2D eigenvalue weighted by atomic mass is 31.0. The van der Waals surface area contributed by atoms with Gasteiger partial charge in [-0.15, -0.1) is 9.24 Å². The van der Waals surface area contributed by atoms with Crippen molar-refractivity contribution in [3.63, 3.8) is 0 Å². The van der Waals surface area contributed by atoms with E-state index in [0.29, 0.717) is 13.2 Å². The molecule has 0 heterocycles. The van der Waals surface area contributed by atoms with Crippen molar-refractivity contribution in [2.24, 2.45) is 0 Å². The van der Waals surface area contributed by atoms with Crippen LogP contribution in [0.25, 0.3) is 11.1 Å². The first kappa shape index (κ1) is 27.1. The van der Waals surface area contributed by atoms with E-state index < -0.39 is 0 Å². The third-order valence-corrected chi connectivity index (χ3v) is 5.06. The van der Waals surface area contributed by atoms with Crippen LogP contribution in [0.15, 0.2) is 42.5 Å². The molecule has 4 nitrogen and oxygen atoms in total. The minimum atomic E-state index is -0.210. The molecule has 0 saturated carbocycles. The molecule has 0 fully saturated rings. The summed E-state index contributed by atoms with van der Waals surface area (Å²) in [6.07, 6.45) is -0.0911. The Hall–Kier alpha value is -1.90. The highest BCUT2D eigenvalue weighted by Gasteiger charge is 2.20. The fraction of sp³-hybridized carbons (Fsp3) is 0.500. The van der Waals surface area contributed by atoms with E-state index in [-0.39, 0.29) is 24.0 Å². The van der Waals surface area contributed by atoms with Gasteiger partial charge in [0.25, 0.3) is 0 Å². The summed E-state index contributed by atoms with van der Waals surface area (Å²) in [6.45, 7) is 15.7. The van der Waals surface area contributed by atoms with Crippen LogP contribution < -0.4 is 10.0 Å². The maximum atomic E-state index is 11.8. The lowest BCUT2D eigenvalue weighted by Crippen LogP contribution is -2.32. The summed E-state index contributed by atoms with van der Waals surface area (Å²) in [5.74, 6) is 0.680. The Balaban J connectivity index is 0.00000233. The van der Waals surface area contributed by atoms with Crippen LogP contribution in [-0.4, -0.2) is 43.7 Å². The highest BCUT2D eigenvalue weighted by Crippen LogP contribution is 2.35. The summed E-state index contributed by atoms with van der Waals surface area (Å²) >= 11 is 0. The van der Waals surface area contributed by atoms with Gasteiger partial charge in [-0.2, -0.15) is 0 Å². The second-order valence-corrected chi connectivity index (χ2v) is 9.30. The maximum Gasteiger partial charge on any atom is 0.320 e. The van der Waals surface area contributed by atoms with Crippen LogP contribution in [-0.2, 0) is 14.9 Å². The monoisotopic (exact) mass is 445 g/mol. The molecule has 0 spiro atoms. The van der Waals surface area contributed by atoms with Gasteiger partial charge in [0.05, 0.1) is 12.6 Å². The van der Waals surface area contributed by atoms with Crippen LogP contribution in [0.2, 0.25) is 0 Å². The number of nitrogens with zero attached hydrogens (tertiary/aromatic N) is 1. The van der Waals surface area contributed by atoms with Crippen LogP contribution in [0.1, 0.15) is 54.0 Å². The Labute approximate surface area is 191 Å². The summed E-state index contributed by atoms with van der Waals surface area (Å²) in [4.78, 5) is 13.7. The molecule has 0 amide bonds. The van der Waals surface area contributed by atoms with E-state index in [1.807, 2.05) is 45.7 Å². The number of carbonyl (C=O) groups excluding carboxylic acids is 1. The quantitative estimate of drug-likeness (QED) is 0.401. The summed E-state index contributed by atoms with van der Waals surface area (Å²) in [5, 5.41) is 1.18. The molecule has 0 bridgehead atoms. The normalized spacial score (nSPS) is 11.2. The van der Waals surface area contributed by atoms with Gasteiger partial charge in [-0.25, -0.2) is 0 Å². The first-order valence-electron chi connectivity index (χ1n) is 11.1. The zero-order valence-electron chi connectivity index (χ0n) is 20.5. The van der Waals surface area contributed by atoms with E-state index in [0.717, 1.165) is 5.75 Å². The number of rotatable bonds is 8. The molecular formula is C26H40NO3P. The second-order valence-electron chi connectivity index (χ2n) is 8.67. The van der Waals surface area contributed by atoms with Crippen LogP contribution in [0.4, 0.5) is 0 Å². The van der Waals surface area contributed by atoms with Crippen molar-refractivity contribution in [3.05, 3.63) is 48.0 Å². The van der Waals surface area contributed by atoms with Gasteiger partial charge in [-0.3, -0.25) is 9.69 Å². The van der Waals surface area contributed by atoms with E-state index in [4.69, 9.17) is 9.47 Å². The number of likely N-dealkylation sites (N-methyl/N-ethyl adjacent to an activating group) is 1. The molecule has 0 aliphatic carbocycles. The highest BCUT2D eigenvalue weighted by molar-refractivity contribution is 7.28. The lowest BCUT2D eigenvalue weighted by Gasteiger charge is -2.25. The molecule has 0 radical (unpaired) electrons. The number of ether oxygens (including phenoxy) is 2. The third-order valence-electron chi connectivity index (χ3n) is 4.56. The molecule has 2 aromatic carbocycles. The van der Waals surface area contributed by atoms with Gasteiger partial charge in [-0.1, -0.05) is 65.0 Å². The fourth-order valence-corrected chi connectivity index (χ4v) is 3.45. The number of hydrogen-bond donors (Lipinski definition) is 0. The fourth-order valence-electron chi connectivity index (χ4n) is 3.08. The zero-order chi connectivity index (χ0) is 23.6. The first-order chi connectivity index (χ1) is 14.6. The van der Waals surface area contributed by atoms with Gasteiger partial charge < -0.3 is 9.47 Å². The molecule has 0 aliphatic heterocycles. The third kappa shape index (κ3) is 9.01. The molecule has 0 N–H and O–H groups in total. The Bertz CT molecular complexity index is 828. The van der Waals surface area contributed by atoms with E-state index in [1.165, 1.54) is 22.0 Å². The minimum Gasteiger partial charge on any atom is -0.492 e. The van der Waals surface area contributed by atoms with Crippen molar-refractivity contribution in [1.82, 2.24) is 4.90 Å². The molecule has 2 rings (SSSR count). The topological polar surface area (TPSA) is 38.8 Å². The van der Waals surface area contributed by atoms with Crippen molar-refractivity contribution in [3.8, 4) is 16.9 Å². The van der Waals surface area contributed by atoms with Gasteiger partial charge >= 0.3 is 5.97 Å². The molecule has 1 unspecified atom stereocenters. The molecule has 172 valence electrons. The largest absolute Gasteiger partial charge is 0.492 e. The number of carbonyl (C=O) groups is 1. The standard InChI is InChI=1S/C24H34NO3P.C2H6/c1-17(2)28-23(26)16-25(6)13-14-27-21-12-11-18(15-20(21)24(3,4)5)19-9-7-8-10-22(19)29;1-2/h7-12,15,17H,13-14,16,29H2,1-6H3;1-2H3. The molecule has 31 heavy (non-hydrogen) atoms. The van der Waals surface area contributed by atoms with E-state index >= 15 is 0 Å². The van der Waals surface area contributed by atoms with Crippen molar-refractivity contribution in [2.45, 2.75) is 60.0 Å². The molecule has 0 aromatic heterocycles. The van der Waals surface area contributed by atoms with Crippen molar-refractivity contribution >= 4 is 20.5 Å². The smallest absolute Gasteiger partial charge is 0.320 e. The Morgan fingerprint density at radius 2 is 1.74 bits per heavy atom. The molecular weight excluding hydrogens is 405 g/mol. The van der Waals surface area contributed by atoms with Crippen LogP contribution in [0, 0.1) is 0 Å². The number of benzene rings is 2.